The molecule has 11 rings (SSSR count). The molecular formula is C48H32N2OSi. The van der Waals surface area contributed by atoms with Crippen molar-refractivity contribution in [1.29, 1.82) is 0 Å². The normalized spacial score (nSPS) is 12.0. The van der Waals surface area contributed by atoms with Crippen molar-refractivity contribution in [3.63, 3.8) is 0 Å². The van der Waals surface area contributed by atoms with Gasteiger partial charge in [-0.2, -0.15) is 0 Å². The topological polar surface area (TPSA) is 23.0 Å². The number of benzene rings is 8. The zero-order chi connectivity index (χ0) is 34.2. The highest BCUT2D eigenvalue weighted by molar-refractivity contribution is 6.96. The second-order valence-electron chi connectivity index (χ2n) is 13.7. The molecule has 0 radical (unpaired) electrons. The van der Waals surface area contributed by atoms with E-state index in [0.29, 0.717) is 0 Å². The van der Waals surface area contributed by atoms with Gasteiger partial charge in [-0.3, -0.25) is 0 Å². The fourth-order valence-electron chi connectivity index (χ4n) is 8.60. The lowest BCUT2D eigenvalue weighted by Gasteiger charge is -2.19. The monoisotopic (exact) mass is 680 g/mol. The molecule has 0 atom stereocenters. The average molecular weight is 681 g/mol. The minimum absolute atomic E-state index is 0.919. The average Bonchev–Trinajstić information content (AvgIpc) is 3.86. The van der Waals surface area contributed by atoms with E-state index in [4.69, 9.17) is 4.42 Å². The summed E-state index contributed by atoms with van der Waals surface area (Å²) < 4.78 is 11.7. The van der Waals surface area contributed by atoms with E-state index in [9.17, 15) is 0 Å². The smallest absolute Gasteiger partial charge is 0.137 e. The molecule has 0 N–H and O–H groups in total. The van der Waals surface area contributed by atoms with E-state index in [1.54, 1.807) is 0 Å². The van der Waals surface area contributed by atoms with Gasteiger partial charge in [0.2, 0.25) is 0 Å². The lowest BCUT2D eigenvalue weighted by atomic mass is 10.1. The van der Waals surface area contributed by atoms with Crippen molar-refractivity contribution in [2.75, 3.05) is 0 Å². The first-order chi connectivity index (χ1) is 25.8. The predicted octanol–water partition coefficient (Wildman–Crippen LogP) is 10.0. The molecule has 0 aliphatic rings. The van der Waals surface area contributed by atoms with Crippen LogP contribution in [0.25, 0.3) is 76.9 Å². The molecule has 0 unspecified atom stereocenters. The van der Waals surface area contributed by atoms with Crippen LogP contribution >= 0.6 is 0 Å². The molecule has 0 amide bonds. The molecule has 3 heterocycles. The van der Waals surface area contributed by atoms with Crippen LogP contribution in [0.15, 0.2) is 192 Å². The lowest BCUT2D eigenvalue weighted by molar-refractivity contribution is 0.671. The molecular weight excluding hydrogens is 649 g/mol. The second-order valence-corrected chi connectivity index (χ2v) is 16.5. The summed E-state index contributed by atoms with van der Waals surface area (Å²) in [5.41, 5.74) is 9.01. The summed E-state index contributed by atoms with van der Waals surface area (Å²) >= 11 is 0. The third-order valence-corrected chi connectivity index (χ3v) is 14.0. The molecule has 3 nitrogen and oxygen atoms in total. The molecule has 0 spiro atoms. The van der Waals surface area contributed by atoms with Gasteiger partial charge >= 0.3 is 0 Å². The summed E-state index contributed by atoms with van der Waals surface area (Å²) in [4.78, 5) is 0. The molecule has 0 bridgehead atoms. The van der Waals surface area contributed by atoms with E-state index in [1.165, 1.54) is 59.2 Å². The molecule has 244 valence electrons. The molecule has 4 heteroatoms. The van der Waals surface area contributed by atoms with Crippen LogP contribution in [0, 0.1) is 0 Å². The van der Waals surface area contributed by atoms with Crippen molar-refractivity contribution in [3.8, 4) is 11.4 Å². The molecule has 0 aliphatic heterocycles. The van der Waals surface area contributed by atoms with E-state index in [1.807, 2.05) is 0 Å². The highest BCUT2D eigenvalue weighted by Gasteiger charge is 2.26. The summed E-state index contributed by atoms with van der Waals surface area (Å²) in [7, 11) is -1.97. The van der Waals surface area contributed by atoms with Gasteiger partial charge in [0.15, 0.2) is 0 Å². The standard InChI is InChI=1S/C48H32N2OSi/c1-3-15-34(16-4-1)52(35-17-5-2-6-18-35)47-31-33(30-41-39-22-10-14-26-46(39)51-48(41)47)50-44-25-13-9-21-38(44)40-29-32(27-28-45(40)50)49-42-23-11-7-19-36(42)37-20-8-12-24-43(37)49/h1-31,52H. The first-order valence-corrected chi connectivity index (χ1v) is 19.6. The SMILES string of the molecule is c1ccc([SiH](c2ccccc2)c2cc(-n3c4ccccc4c4cc(-n5c6ccccc6c6ccccc65)ccc43)cc3c2oc2ccccc23)cc1. The van der Waals surface area contributed by atoms with E-state index < -0.39 is 8.80 Å². The number of para-hydroxylation sites is 4. The predicted molar refractivity (Wildman–Crippen MR) is 221 cm³/mol. The van der Waals surface area contributed by atoms with Crippen LogP contribution in [0.4, 0.5) is 0 Å². The maximum atomic E-state index is 6.80. The van der Waals surface area contributed by atoms with Gasteiger partial charge in [0.05, 0.1) is 22.1 Å². The highest BCUT2D eigenvalue weighted by Crippen LogP contribution is 2.38. The molecule has 3 aromatic heterocycles. The highest BCUT2D eigenvalue weighted by atomic mass is 28.3. The van der Waals surface area contributed by atoms with E-state index in [-0.39, 0.29) is 0 Å². The quantitative estimate of drug-likeness (QED) is 0.131. The zero-order valence-corrected chi connectivity index (χ0v) is 29.4. The maximum absolute atomic E-state index is 6.80. The lowest BCUT2D eigenvalue weighted by Crippen LogP contribution is -2.52. The molecule has 11 aromatic rings. The largest absolute Gasteiger partial charge is 0.456 e. The number of nitrogens with zero attached hydrogens (tertiary/aromatic N) is 2. The van der Waals surface area contributed by atoms with Gasteiger partial charge in [0.1, 0.15) is 20.0 Å². The second kappa shape index (κ2) is 11.5. The van der Waals surface area contributed by atoms with Crippen LogP contribution in [0.2, 0.25) is 0 Å². The fourth-order valence-corrected chi connectivity index (χ4v) is 11.7. The number of fused-ring (bicyclic) bond motifs is 9. The number of furan rings is 1. The number of rotatable bonds is 5. The Bertz CT molecular complexity index is 3040. The van der Waals surface area contributed by atoms with Crippen LogP contribution in [0.5, 0.6) is 0 Å². The van der Waals surface area contributed by atoms with Gasteiger partial charge in [-0.15, -0.1) is 0 Å². The Morgan fingerprint density at radius 2 is 0.808 bits per heavy atom. The Morgan fingerprint density at radius 1 is 0.346 bits per heavy atom. The minimum atomic E-state index is -1.97. The van der Waals surface area contributed by atoms with E-state index in [0.717, 1.165) is 33.3 Å². The summed E-state index contributed by atoms with van der Waals surface area (Å²) in [6.45, 7) is 0. The molecule has 52 heavy (non-hydrogen) atoms. The van der Waals surface area contributed by atoms with Crippen molar-refractivity contribution in [2.45, 2.75) is 0 Å². The number of hydrogen-bond acceptors (Lipinski definition) is 1. The van der Waals surface area contributed by atoms with Gasteiger partial charge in [-0.25, -0.2) is 0 Å². The summed E-state index contributed by atoms with van der Waals surface area (Å²) in [6.07, 6.45) is 0. The van der Waals surface area contributed by atoms with Crippen molar-refractivity contribution < 1.29 is 4.42 Å². The van der Waals surface area contributed by atoms with Crippen molar-refractivity contribution in [1.82, 2.24) is 9.13 Å². The van der Waals surface area contributed by atoms with Crippen molar-refractivity contribution in [2.24, 2.45) is 0 Å². The van der Waals surface area contributed by atoms with Crippen molar-refractivity contribution >= 4 is 89.9 Å². The summed E-state index contributed by atoms with van der Waals surface area (Å²) in [5.74, 6) is 0. The van der Waals surface area contributed by atoms with Crippen LogP contribution in [-0.2, 0) is 0 Å². The van der Waals surface area contributed by atoms with E-state index in [2.05, 4.69) is 197 Å². The van der Waals surface area contributed by atoms with Gasteiger partial charge in [0, 0.05) is 43.7 Å². The fraction of sp³-hybridized carbons (Fsp3) is 0. The Labute approximate surface area is 301 Å². The Morgan fingerprint density at radius 3 is 1.42 bits per heavy atom. The number of aromatic nitrogens is 2. The molecule has 0 aliphatic carbocycles. The molecule has 0 saturated heterocycles. The molecule has 8 aromatic carbocycles. The third-order valence-electron chi connectivity index (χ3n) is 10.8. The van der Waals surface area contributed by atoms with Crippen LogP contribution in [0.1, 0.15) is 0 Å². The summed E-state index contributed by atoms with van der Waals surface area (Å²) in [6, 6.07) is 68.6. The Balaban J connectivity index is 1.21. The van der Waals surface area contributed by atoms with Gasteiger partial charge in [-0.05, 0) is 59.8 Å². The van der Waals surface area contributed by atoms with Crippen LogP contribution < -0.4 is 15.6 Å². The maximum Gasteiger partial charge on any atom is 0.137 e. The number of hydrogen-bond donors (Lipinski definition) is 0. The molecule has 0 saturated carbocycles. The summed E-state index contributed by atoms with van der Waals surface area (Å²) in [5, 5.41) is 11.3. The zero-order valence-electron chi connectivity index (χ0n) is 28.3. The Hall–Kier alpha value is -6.62. The van der Waals surface area contributed by atoms with Crippen molar-refractivity contribution in [3.05, 3.63) is 188 Å². The van der Waals surface area contributed by atoms with Gasteiger partial charge in [0.25, 0.3) is 0 Å². The first kappa shape index (κ1) is 29.1. The van der Waals surface area contributed by atoms with Crippen LogP contribution in [0.3, 0.4) is 0 Å². The minimum Gasteiger partial charge on any atom is -0.456 e. The molecule has 0 fully saturated rings. The van der Waals surface area contributed by atoms with Gasteiger partial charge in [-0.1, -0.05) is 144 Å². The van der Waals surface area contributed by atoms with E-state index >= 15 is 0 Å². The third kappa shape index (κ3) is 4.31. The first-order valence-electron chi connectivity index (χ1n) is 17.9. The van der Waals surface area contributed by atoms with Crippen LogP contribution in [-0.4, -0.2) is 17.9 Å². The Kier molecular flexibility index (Phi) is 6.42. The van der Waals surface area contributed by atoms with Gasteiger partial charge < -0.3 is 13.6 Å².